The van der Waals surface area contributed by atoms with Gasteiger partial charge in [-0.25, -0.2) is 14.4 Å². The van der Waals surface area contributed by atoms with Crippen molar-refractivity contribution in [3.8, 4) is 0 Å². The molecule has 1 aromatic rings. The maximum Gasteiger partial charge on any atom is 0.409 e. The second-order valence-electron chi connectivity index (χ2n) is 17.9. The Labute approximate surface area is 320 Å². The first kappa shape index (κ1) is 46.3. The van der Waals surface area contributed by atoms with Gasteiger partial charge in [0.05, 0.1) is 12.1 Å². The third-order valence-electron chi connectivity index (χ3n) is 10.7. The van der Waals surface area contributed by atoms with Crippen molar-refractivity contribution in [3.63, 3.8) is 0 Å². The van der Waals surface area contributed by atoms with Crippen LogP contribution >= 0.6 is 0 Å². The molecule has 0 radical (unpaired) electrons. The van der Waals surface area contributed by atoms with E-state index < -0.39 is 32.2 Å². The van der Waals surface area contributed by atoms with Gasteiger partial charge in [0.2, 0.25) is 0 Å². The fourth-order valence-corrected chi connectivity index (χ4v) is 8.10. The van der Waals surface area contributed by atoms with Crippen molar-refractivity contribution >= 4 is 26.6 Å². The van der Waals surface area contributed by atoms with Crippen LogP contribution < -0.4 is 11.1 Å². The number of hydrogen-bond acceptors (Lipinski definition) is 8. The van der Waals surface area contributed by atoms with E-state index in [0.717, 1.165) is 69.8 Å². The molecule has 0 aliphatic heterocycles. The van der Waals surface area contributed by atoms with Gasteiger partial charge in [-0.1, -0.05) is 51.1 Å². The summed E-state index contributed by atoms with van der Waals surface area (Å²) in [5.41, 5.74) is 6.26. The Kier molecular flexibility index (Phi) is 18.6. The highest BCUT2D eigenvalue weighted by molar-refractivity contribution is 6.74. The van der Waals surface area contributed by atoms with Crippen molar-refractivity contribution < 1.29 is 38.5 Å². The molecule has 0 spiro atoms. The van der Waals surface area contributed by atoms with E-state index in [9.17, 15) is 19.5 Å². The van der Waals surface area contributed by atoms with E-state index in [1.807, 2.05) is 51.1 Å². The lowest BCUT2D eigenvalue weighted by atomic mass is 9.83. The summed E-state index contributed by atoms with van der Waals surface area (Å²) in [4.78, 5) is 38.6. The number of rotatable bonds is 13. The quantitative estimate of drug-likeness (QED) is 0.146. The molecule has 5 N–H and O–H groups in total. The molecule has 2 atom stereocenters. The van der Waals surface area contributed by atoms with Crippen LogP contribution in [0, 0.1) is 11.8 Å². The molecule has 1 aromatic carbocycles. The highest BCUT2D eigenvalue weighted by atomic mass is 28.4. The number of carboxylic acid groups (broad SMARTS) is 1. The van der Waals surface area contributed by atoms with E-state index in [4.69, 9.17) is 24.7 Å². The molecule has 0 aromatic heterocycles. The van der Waals surface area contributed by atoms with Crippen molar-refractivity contribution in [1.82, 2.24) is 15.1 Å². The number of aliphatic hydroxyl groups excluding tert-OH is 1. The van der Waals surface area contributed by atoms with E-state index in [2.05, 4.69) is 39.2 Å². The number of carbonyl (C=O) groups is 3. The predicted octanol–water partition coefficient (Wildman–Crippen LogP) is 7.98. The summed E-state index contributed by atoms with van der Waals surface area (Å²) in [7, 11) is 1.45. The van der Waals surface area contributed by atoms with Crippen molar-refractivity contribution in [2.75, 3.05) is 27.2 Å². The first-order chi connectivity index (χ1) is 24.5. The number of nitrogens with one attached hydrogen (secondary N) is 1. The molecule has 304 valence electrons. The van der Waals surface area contributed by atoms with E-state index in [0.29, 0.717) is 31.0 Å². The summed E-state index contributed by atoms with van der Waals surface area (Å²) in [6.45, 7) is 17.9. The van der Waals surface area contributed by atoms with Gasteiger partial charge >= 0.3 is 18.3 Å². The summed E-state index contributed by atoms with van der Waals surface area (Å²) >= 11 is 0. The lowest BCUT2D eigenvalue weighted by Gasteiger charge is -2.41. The zero-order valence-electron chi connectivity index (χ0n) is 34.4. The predicted molar refractivity (Wildman–Crippen MR) is 212 cm³/mol. The number of alkyl carbamates (subject to hydrolysis) is 1. The van der Waals surface area contributed by atoms with Gasteiger partial charge in [-0.15, -0.1) is 0 Å². The van der Waals surface area contributed by atoms with Crippen LogP contribution in [-0.2, 0) is 20.5 Å². The van der Waals surface area contributed by atoms with E-state index in [-0.39, 0.29) is 29.8 Å². The minimum absolute atomic E-state index is 0.0960. The lowest BCUT2D eigenvalue weighted by Crippen LogP contribution is -2.47. The first-order valence-electron chi connectivity index (χ1n) is 19.5. The Balaban J connectivity index is 0.000000505. The Morgan fingerprint density at radius 1 is 0.868 bits per heavy atom. The molecular weight excluding hydrogens is 693 g/mol. The first-order valence-corrected chi connectivity index (χ1v) is 22.4. The number of benzene rings is 1. The molecule has 12 nitrogen and oxygen atoms in total. The summed E-state index contributed by atoms with van der Waals surface area (Å²) in [6, 6.07) is 9.28. The molecule has 0 bridgehead atoms. The molecule has 2 saturated carbocycles. The van der Waals surface area contributed by atoms with Crippen LogP contribution in [0.4, 0.5) is 14.4 Å². The van der Waals surface area contributed by atoms with Crippen LogP contribution in [-0.4, -0.2) is 104 Å². The largest absolute Gasteiger partial charge is 0.465 e. The normalized spacial score (nSPS) is 22.0. The number of aliphatic hydroxyl groups is 1. The fraction of sp³-hybridized carbons (Fsp3) is 0.775. The number of nitrogens with two attached hydrogens (primary N) is 1. The Morgan fingerprint density at radius 3 is 1.94 bits per heavy atom. The summed E-state index contributed by atoms with van der Waals surface area (Å²) < 4.78 is 17.6. The van der Waals surface area contributed by atoms with Crippen molar-refractivity contribution in [2.45, 2.75) is 160 Å². The van der Waals surface area contributed by atoms with Crippen molar-refractivity contribution in [2.24, 2.45) is 17.6 Å². The fourth-order valence-electron chi connectivity index (χ4n) is 6.68. The van der Waals surface area contributed by atoms with Gasteiger partial charge in [0.15, 0.2) is 8.32 Å². The van der Waals surface area contributed by atoms with Crippen LogP contribution in [0.25, 0.3) is 0 Å². The molecule has 3 amide bonds. The number of nitrogens with zero attached hydrogens (tertiary/aromatic N) is 2. The molecule has 0 saturated heterocycles. The smallest absolute Gasteiger partial charge is 0.409 e. The summed E-state index contributed by atoms with van der Waals surface area (Å²) in [5, 5.41) is 21.3. The number of amides is 3. The Morgan fingerprint density at radius 2 is 1.42 bits per heavy atom. The van der Waals surface area contributed by atoms with Gasteiger partial charge in [0, 0.05) is 39.3 Å². The molecule has 13 heteroatoms. The van der Waals surface area contributed by atoms with Crippen LogP contribution in [0.5, 0.6) is 0 Å². The Hall–Kier alpha value is -2.87. The number of likely N-dealkylation sites (N-methyl/N-ethyl adjacent to an activating group) is 2. The lowest BCUT2D eigenvalue weighted by molar-refractivity contribution is 0.0464. The van der Waals surface area contributed by atoms with E-state index in [1.54, 1.807) is 7.05 Å². The van der Waals surface area contributed by atoms with Gasteiger partial charge in [-0.2, -0.15) is 0 Å². The molecule has 2 fully saturated rings. The number of carbonyl (C=O) groups excluding carboxylic acids is 2. The standard InChI is InChI=1S/C29H50N2O5Si.C11H22N2O3/c1-28(2,3)35-26(32)30-24(20-31(7)27(33)34-21-23-13-11-10-12-14-23)19-22-15-17-25(18-16-22)36-37(8,9)29(4,5)6;1-13(11(15)16)7-9(12)6-8-2-4-10(14)5-3-8/h10-14,22,24-25H,15-21H2,1-9H3,(H,30,32);8-10,14H,2-7,12H2,1H3,(H,15,16)/t22?,24-,25?;/m0./s1. The Bertz CT molecular complexity index is 1240. The van der Waals surface area contributed by atoms with Crippen molar-refractivity contribution in [1.29, 1.82) is 0 Å². The van der Waals surface area contributed by atoms with Crippen LogP contribution in [0.1, 0.15) is 111 Å². The SMILES string of the molecule is CN(CC(N)CC1CCC(O)CC1)C(=O)O.CN(C[C@H](CC1CCC(O[Si](C)(C)C(C)(C)C)CC1)NC(=O)OC(C)(C)C)C(=O)OCc1ccccc1. The maximum atomic E-state index is 12.7. The maximum absolute atomic E-state index is 12.7. The monoisotopic (exact) mass is 765 g/mol. The minimum atomic E-state index is -1.79. The van der Waals surface area contributed by atoms with Gasteiger partial charge in [0.1, 0.15) is 12.2 Å². The van der Waals surface area contributed by atoms with Crippen LogP contribution in [0.15, 0.2) is 30.3 Å². The second kappa shape index (κ2) is 21.3. The van der Waals surface area contributed by atoms with Gasteiger partial charge in [-0.05, 0) is 121 Å². The molecule has 0 heterocycles. The van der Waals surface area contributed by atoms with Gasteiger partial charge < -0.3 is 45.0 Å². The average Bonchev–Trinajstić information content (AvgIpc) is 3.04. The second-order valence-corrected chi connectivity index (χ2v) is 22.6. The highest BCUT2D eigenvalue weighted by Crippen LogP contribution is 2.40. The molecule has 2 aliphatic rings. The molecular formula is C40H72N4O8Si. The minimum Gasteiger partial charge on any atom is -0.465 e. The molecule has 3 rings (SSSR count). The van der Waals surface area contributed by atoms with Crippen LogP contribution in [0.3, 0.4) is 0 Å². The summed E-state index contributed by atoms with van der Waals surface area (Å²) in [5.74, 6) is 0.994. The van der Waals surface area contributed by atoms with Gasteiger partial charge in [-0.3, -0.25) is 0 Å². The van der Waals surface area contributed by atoms with Crippen LogP contribution in [0.2, 0.25) is 18.1 Å². The molecule has 53 heavy (non-hydrogen) atoms. The third-order valence-corrected chi connectivity index (χ3v) is 15.2. The number of hydrogen-bond donors (Lipinski definition) is 4. The van der Waals surface area contributed by atoms with Crippen molar-refractivity contribution in [3.05, 3.63) is 35.9 Å². The highest BCUT2D eigenvalue weighted by Gasteiger charge is 2.40. The topological polar surface area (TPSA) is 164 Å². The van der Waals surface area contributed by atoms with Gasteiger partial charge in [0.25, 0.3) is 0 Å². The molecule has 1 unspecified atom stereocenters. The zero-order valence-corrected chi connectivity index (χ0v) is 35.4. The number of ether oxygens (including phenoxy) is 2. The average molecular weight is 765 g/mol. The van der Waals surface area contributed by atoms with E-state index in [1.165, 1.54) is 16.8 Å². The third kappa shape index (κ3) is 18.3. The zero-order chi connectivity index (χ0) is 40.0. The van der Waals surface area contributed by atoms with E-state index >= 15 is 0 Å². The molecule has 2 aliphatic carbocycles. The summed E-state index contributed by atoms with van der Waals surface area (Å²) in [6.07, 6.45) is 7.87.